The van der Waals surface area contributed by atoms with Gasteiger partial charge in [0.05, 0.1) is 0 Å². The number of nitrogens with one attached hydrogen (secondary N) is 1. The van der Waals surface area contributed by atoms with Gasteiger partial charge in [-0.1, -0.05) is 19.9 Å². The van der Waals surface area contributed by atoms with Gasteiger partial charge in [0.1, 0.15) is 0 Å². The van der Waals surface area contributed by atoms with Crippen molar-refractivity contribution in [3.05, 3.63) is 44.3 Å². The van der Waals surface area contributed by atoms with Crippen LogP contribution in [0.2, 0.25) is 0 Å². The van der Waals surface area contributed by atoms with Crippen LogP contribution in [0, 0.1) is 6.92 Å². The molecule has 0 aliphatic carbocycles. The predicted octanol–water partition coefficient (Wildman–Crippen LogP) is 4.75. The molecule has 2 aromatic rings. The molecule has 0 saturated carbocycles. The molecule has 0 amide bonds. The van der Waals surface area contributed by atoms with E-state index in [1.54, 1.807) is 0 Å². The molecule has 0 fully saturated rings. The minimum absolute atomic E-state index is 0.202. The SMILES string of the molecule is Cc1ccsc1C(C)NCC(C)(C)c1cccs1. The Balaban J connectivity index is 1.98. The van der Waals surface area contributed by atoms with Gasteiger partial charge in [0.25, 0.3) is 0 Å². The van der Waals surface area contributed by atoms with Gasteiger partial charge in [-0.05, 0) is 42.3 Å². The largest absolute Gasteiger partial charge is 0.309 e. The molecule has 1 nitrogen and oxygen atoms in total. The van der Waals surface area contributed by atoms with Crippen molar-refractivity contribution in [1.29, 1.82) is 0 Å². The summed E-state index contributed by atoms with van der Waals surface area (Å²) in [7, 11) is 0. The van der Waals surface area contributed by atoms with Crippen molar-refractivity contribution in [3.63, 3.8) is 0 Å². The van der Waals surface area contributed by atoms with Crippen LogP contribution >= 0.6 is 22.7 Å². The van der Waals surface area contributed by atoms with E-state index < -0.39 is 0 Å². The Hall–Kier alpha value is -0.640. The molecule has 0 bridgehead atoms. The standard InChI is InChI=1S/C15H21NS2/c1-11-7-9-18-14(11)12(2)16-10-15(3,4)13-6-5-8-17-13/h5-9,12,16H,10H2,1-4H3. The van der Waals surface area contributed by atoms with E-state index in [4.69, 9.17) is 0 Å². The molecule has 0 spiro atoms. The van der Waals surface area contributed by atoms with Crippen molar-refractivity contribution in [2.24, 2.45) is 0 Å². The maximum absolute atomic E-state index is 3.67. The highest BCUT2D eigenvalue weighted by Gasteiger charge is 2.22. The summed E-state index contributed by atoms with van der Waals surface area (Å²) in [6, 6.07) is 6.99. The molecule has 0 aliphatic heterocycles. The lowest BCUT2D eigenvalue weighted by atomic mass is 9.91. The van der Waals surface area contributed by atoms with E-state index in [-0.39, 0.29) is 5.41 Å². The van der Waals surface area contributed by atoms with Crippen LogP contribution in [0.3, 0.4) is 0 Å². The van der Waals surface area contributed by atoms with E-state index in [1.807, 2.05) is 22.7 Å². The zero-order valence-corrected chi connectivity index (χ0v) is 13.1. The summed E-state index contributed by atoms with van der Waals surface area (Å²) in [5.74, 6) is 0. The maximum atomic E-state index is 3.67. The molecule has 1 atom stereocenters. The molecule has 98 valence electrons. The van der Waals surface area contributed by atoms with Gasteiger partial charge in [-0.3, -0.25) is 0 Å². The minimum atomic E-state index is 0.202. The highest BCUT2D eigenvalue weighted by atomic mass is 32.1. The van der Waals surface area contributed by atoms with Gasteiger partial charge in [0.15, 0.2) is 0 Å². The molecular formula is C15H21NS2. The topological polar surface area (TPSA) is 12.0 Å². The highest BCUT2D eigenvalue weighted by Crippen LogP contribution is 2.29. The summed E-state index contributed by atoms with van der Waals surface area (Å²) in [4.78, 5) is 2.90. The molecule has 1 unspecified atom stereocenters. The number of thiophene rings is 2. The van der Waals surface area contributed by atoms with Crippen LogP contribution in [0.4, 0.5) is 0 Å². The zero-order chi connectivity index (χ0) is 13.2. The predicted molar refractivity (Wildman–Crippen MR) is 82.8 cm³/mol. The first kappa shape index (κ1) is 13.8. The molecule has 3 heteroatoms. The van der Waals surface area contributed by atoms with Crippen LogP contribution < -0.4 is 5.32 Å². The Labute approximate surface area is 118 Å². The van der Waals surface area contributed by atoms with E-state index in [2.05, 4.69) is 62.0 Å². The monoisotopic (exact) mass is 279 g/mol. The van der Waals surface area contributed by atoms with Crippen molar-refractivity contribution in [2.75, 3.05) is 6.54 Å². The smallest absolute Gasteiger partial charge is 0.0389 e. The first-order valence-electron chi connectivity index (χ1n) is 6.32. The second kappa shape index (κ2) is 5.55. The molecule has 2 aromatic heterocycles. The highest BCUT2D eigenvalue weighted by molar-refractivity contribution is 7.10. The van der Waals surface area contributed by atoms with E-state index in [9.17, 15) is 0 Å². The molecule has 18 heavy (non-hydrogen) atoms. The fraction of sp³-hybridized carbons (Fsp3) is 0.467. The summed E-state index contributed by atoms with van der Waals surface area (Å²) in [6.07, 6.45) is 0. The van der Waals surface area contributed by atoms with Crippen molar-refractivity contribution in [3.8, 4) is 0 Å². The average molecular weight is 279 g/mol. The number of hydrogen-bond donors (Lipinski definition) is 1. The third-order valence-electron chi connectivity index (χ3n) is 3.33. The molecule has 0 saturated heterocycles. The Morgan fingerprint density at radius 3 is 2.56 bits per heavy atom. The second-order valence-electron chi connectivity index (χ2n) is 5.43. The second-order valence-corrected chi connectivity index (χ2v) is 7.33. The normalized spacial score (nSPS) is 13.8. The van der Waals surface area contributed by atoms with Crippen molar-refractivity contribution in [1.82, 2.24) is 5.32 Å². The molecule has 0 aliphatic rings. The molecule has 0 radical (unpaired) electrons. The van der Waals surface area contributed by atoms with E-state index in [0.29, 0.717) is 6.04 Å². The Bertz CT molecular complexity index is 482. The summed E-state index contributed by atoms with van der Waals surface area (Å²) < 4.78 is 0. The fourth-order valence-corrected chi connectivity index (χ4v) is 3.89. The first-order chi connectivity index (χ1) is 8.50. The van der Waals surface area contributed by atoms with Crippen molar-refractivity contribution < 1.29 is 0 Å². The van der Waals surface area contributed by atoms with Crippen LogP contribution in [0.25, 0.3) is 0 Å². The van der Waals surface area contributed by atoms with Gasteiger partial charge in [-0.2, -0.15) is 0 Å². The molecular weight excluding hydrogens is 258 g/mol. The first-order valence-corrected chi connectivity index (χ1v) is 8.08. The minimum Gasteiger partial charge on any atom is -0.309 e. The third-order valence-corrected chi connectivity index (χ3v) is 5.77. The van der Waals surface area contributed by atoms with Gasteiger partial charge in [-0.25, -0.2) is 0 Å². The lowest BCUT2D eigenvalue weighted by Crippen LogP contribution is -2.33. The Kier molecular flexibility index (Phi) is 4.25. The average Bonchev–Trinajstić information content (AvgIpc) is 2.96. The van der Waals surface area contributed by atoms with Crippen LogP contribution in [-0.2, 0) is 5.41 Å². The van der Waals surface area contributed by atoms with Gasteiger partial charge >= 0.3 is 0 Å². The van der Waals surface area contributed by atoms with Crippen LogP contribution in [0.15, 0.2) is 29.0 Å². The summed E-state index contributed by atoms with van der Waals surface area (Å²) in [5.41, 5.74) is 1.60. The van der Waals surface area contributed by atoms with Gasteiger partial charge in [-0.15, -0.1) is 22.7 Å². The van der Waals surface area contributed by atoms with E-state index >= 15 is 0 Å². The molecule has 2 heterocycles. The number of aryl methyl sites for hydroxylation is 1. The number of hydrogen-bond acceptors (Lipinski definition) is 3. The summed E-state index contributed by atoms with van der Waals surface area (Å²) in [5, 5.41) is 8.00. The lowest BCUT2D eigenvalue weighted by molar-refractivity contribution is 0.443. The maximum Gasteiger partial charge on any atom is 0.0389 e. The third kappa shape index (κ3) is 3.02. The Morgan fingerprint density at radius 1 is 1.22 bits per heavy atom. The quantitative estimate of drug-likeness (QED) is 0.833. The number of rotatable bonds is 5. The summed E-state index contributed by atoms with van der Waals surface area (Å²) in [6.45, 7) is 10.1. The molecule has 1 N–H and O–H groups in total. The van der Waals surface area contributed by atoms with Crippen LogP contribution in [-0.4, -0.2) is 6.54 Å². The van der Waals surface area contributed by atoms with Crippen molar-refractivity contribution in [2.45, 2.75) is 39.2 Å². The zero-order valence-electron chi connectivity index (χ0n) is 11.5. The Morgan fingerprint density at radius 2 is 2.00 bits per heavy atom. The van der Waals surface area contributed by atoms with Crippen molar-refractivity contribution >= 4 is 22.7 Å². The fourth-order valence-electron chi connectivity index (χ4n) is 2.08. The molecule has 2 rings (SSSR count). The molecule has 0 aromatic carbocycles. The summed E-state index contributed by atoms with van der Waals surface area (Å²) >= 11 is 3.69. The van der Waals surface area contributed by atoms with Crippen LogP contribution in [0.1, 0.15) is 42.1 Å². The van der Waals surface area contributed by atoms with E-state index in [0.717, 1.165) is 6.54 Å². The van der Waals surface area contributed by atoms with Gasteiger partial charge in [0.2, 0.25) is 0 Å². The van der Waals surface area contributed by atoms with Crippen LogP contribution in [0.5, 0.6) is 0 Å². The lowest BCUT2D eigenvalue weighted by Gasteiger charge is -2.26. The van der Waals surface area contributed by atoms with E-state index in [1.165, 1.54) is 15.3 Å². The van der Waals surface area contributed by atoms with Gasteiger partial charge < -0.3 is 5.32 Å². The van der Waals surface area contributed by atoms with Gasteiger partial charge in [0, 0.05) is 27.8 Å².